The summed E-state index contributed by atoms with van der Waals surface area (Å²) in [4.78, 5) is 33.5. The van der Waals surface area contributed by atoms with Gasteiger partial charge in [0.2, 0.25) is 0 Å². The zero-order valence-electron chi connectivity index (χ0n) is 17.4. The van der Waals surface area contributed by atoms with Crippen molar-refractivity contribution in [2.45, 2.75) is 51.2 Å². The molecule has 29 heavy (non-hydrogen) atoms. The van der Waals surface area contributed by atoms with Crippen molar-refractivity contribution in [1.82, 2.24) is 4.90 Å². The molecule has 0 spiro atoms. The molecule has 3 rings (SSSR count). The highest BCUT2D eigenvalue weighted by atomic mass is 16.6. The standard InChI is InChI=1S/C17H27NO3.C4H4O4/c1-10-5-6-12-13(9-18(3)4)16(19)21-15(12)14-11(10)7-8-17(14,2)20;5-3(6)1-2-4(7)8/h12-15,20H,5-9H2,1-4H3;1-2H,(H,5,6)(H,7,8)/b;2-1+/t12-,13-,14?,15-,17+;/m0./s1. The topological polar surface area (TPSA) is 124 Å². The number of carbonyl (C=O) groups is 3. The van der Waals surface area contributed by atoms with Crippen LogP contribution in [0.4, 0.5) is 0 Å². The second kappa shape index (κ2) is 9.09. The molecule has 1 heterocycles. The third kappa shape index (κ3) is 5.45. The maximum absolute atomic E-state index is 12.3. The molecule has 0 amide bonds. The SMILES string of the molecule is CC1=C2CC[C@@](C)(O)C2[C@H]2OC(=O)[C@@H](CN(C)C)[C@@H]2CC1.O=C(O)/C=C/C(=O)O. The number of hydrogen-bond acceptors (Lipinski definition) is 6. The fourth-order valence-electron chi connectivity index (χ4n) is 4.79. The minimum absolute atomic E-state index is 0.00103. The van der Waals surface area contributed by atoms with Gasteiger partial charge < -0.3 is 25.0 Å². The predicted molar refractivity (Wildman–Crippen MR) is 105 cm³/mol. The Balaban J connectivity index is 0.000000321. The number of aliphatic hydroxyl groups is 1. The van der Waals surface area contributed by atoms with E-state index >= 15 is 0 Å². The van der Waals surface area contributed by atoms with E-state index in [2.05, 4.69) is 11.8 Å². The molecular formula is C21H31NO7. The first kappa shape index (κ1) is 23.1. The highest BCUT2D eigenvalue weighted by molar-refractivity contribution is 5.89. The molecule has 0 aromatic heterocycles. The van der Waals surface area contributed by atoms with E-state index in [0.29, 0.717) is 12.2 Å². The lowest BCUT2D eigenvalue weighted by Crippen LogP contribution is -2.41. The normalized spacial score (nSPS) is 33.7. The number of ether oxygens (including phenoxy) is 1. The van der Waals surface area contributed by atoms with Crippen LogP contribution in [0.15, 0.2) is 23.3 Å². The number of rotatable bonds is 4. The van der Waals surface area contributed by atoms with E-state index in [9.17, 15) is 19.5 Å². The first-order valence-corrected chi connectivity index (χ1v) is 9.84. The van der Waals surface area contributed by atoms with Gasteiger partial charge in [-0.15, -0.1) is 0 Å². The summed E-state index contributed by atoms with van der Waals surface area (Å²) < 4.78 is 5.80. The molecule has 0 aromatic rings. The first-order chi connectivity index (χ1) is 13.4. The van der Waals surface area contributed by atoms with Gasteiger partial charge in [-0.1, -0.05) is 11.1 Å². The molecule has 0 bridgehead atoms. The van der Waals surface area contributed by atoms with E-state index in [0.717, 1.165) is 32.2 Å². The third-order valence-corrected chi connectivity index (χ3v) is 6.10. The van der Waals surface area contributed by atoms with Crippen molar-refractivity contribution >= 4 is 17.9 Å². The zero-order chi connectivity index (χ0) is 21.9. The molecule has 2 aliphatic carbocycles. The molecule has 3 aliphatic rings. The lowest BCUT2D eigenvalue weighted by molar-refractivity contribution is -0.148. The molecule has 0 aromatic carbocycles. The summed E-state index contributed by atoms with van der Waals surface area (Å²) in [5, 5.41) is 26.4. The van der Waals surface area contributed by atoms with Crippen LogP contribution in [0.5, 0.6) is 0 Å². The van der Waals surface area contributed by atoms with E-state index in [1.807, 2.05) is 21.0 Å². The number of esters is 1. The average Bonchev–Trinajstić information content (AvgIpc) is 3.02. The van der Waals surface area contributed by atoms with Crippen LogP contribution in [0.3, 0.4) is 0 Å². The van der Waals surface area contributed by atoms with Crippen LogP contribution in [0.25, 0.3) is 0 Å². The van der Waals surface area contributed by atoms with Crippen molar-refractivity contribution in [3.8, 4) is 0 Å². The predicted octanol–water partition coefficient (Wildman–Crippen LogP) is 1.69. The van der Waals surface area contributed by atoms with Gasteiger partial charge in [0.25, 0.3) is 0 Å². The van der Waals surface area contributed by atoms with Crippen LogP contribution in [0.1, 0.15) is 39.5 Å². The van der Waals surface area contributed by atoms with Gasteiger partial charge in [-0.2, -0.15) is 0 Å². The second-order valence-corrected chi connectivity index (χ2v) is 8.62. The summed E-state index contributed by atoms with van der Waals surface area (Å²) in [6, 6.07) is 0. The third-order valence-electron chi connectivity index (χ3n) is 6.10. The van der Waals surface area contributed by atoms with Gasteiger partial charge in [-0.3, -0.25) is 4.79 Å². The smallest absolute Gasteiger partial charge is 0.328 e. The fraction of sp³-hybridized carbons (Fsp3) is 0.667. The Bertz CT molecular complexity index is 707. The number of carbonyl (C=O) groups excluding carboxylic acids is 1. The number of allylic oxidation sites excluding steroid dienone is 1. The molecule has 2 fully saturated rings. The lowest BCUT2D eigenvalue weighted by atomic mass is 9.77. The number of hydrogen-bond donors (Lipinski definition) is 3. The largest absolute Gasteiger partial charge is 0.478 e. The molecule has 3 N–H and O–H groups in total. The number of carboxylic acids is 2. The molecular weight excluding hydrogens is 378 g/mol. The first-order valence-electron chi connectivity index (χ1n) is 9.84. The molecule has 8 nitrogen and oxygen atoms in total. The molecule has 0 radical (unpaired) electrons. The molecule has 162 valence electrons. The van der Waals surface area contributed by atoms with Crippen LogP contribution in [-0.4, -0.2) is 70.5 Å². The Morgan fingerprint density at radius 3 is 2.31 bits per heavy atom. The second-order valence-electron chi connectivity index (χ2n) is 8.62. The summed E-state index contributed by atoms with van der Waals surface area (Å²) in [6.45, 7) is 4.84. The lowest BCUT2D eigenvalue weighted by Gasteiger charge is -2.33. The van der Waals surface area contributed by atoms with E-state index in [1.165, 1.54) is 11.1 Å². The molecule has 5 atom stereocenters. The van der Waals surface area contributed by atoms with Crippen LogP contribution in [0.2, 0.25) is 0 Å². The van der Waals surface area contributed by atoms with Gasteiger partial charge in [-0.25, -0.2) is 9.59 Å². The minimum atomic E-state index is -1.26. The Morgan fingerprint density at radius 2 is 1.79 bits per heavy atom. The van der Waals surface area contributed by atoms with Crippen molar-refractivity contribution < 1.29 is 34.4 Å². The maximum atomic E-state index is 12.3. The Morgan fingerprint density at radius 1 is 1.21 bits per heavy atom. The molecule has 1 saturated heterocycles. The summed E-state index contributed by atoms with van der Waals surface area (Å²) in [5.74, 6) is -2.39. The molecule has 1 aliphatic heterocycles. The summed E-state index contributed by atoms with van der Waals surface area (Å²) in [7, 11) is 4.00. The summed E-state index contributed by atoms with van der Waals surface area (Å²) >= 11 is 0. The Hall–Kier alpha value is -2.19. The van der Waals surface area contributed by atoms with Gasteiger partial charge in [-0.05, 0) is 53.6 Å². The van der Waals surface area contributed by atoms with E-state index in [4.69, 9.17) is 14.9 Å². The van der Waals surface area contributed by atoms with E-state index in [1.54, 1.807) is 0 Å². The quantitative estimate of drug-likeness (QED) is 0.364. The fourth-order valence-corrected chi connectivity index (χ4v) is 4.79. The monoisotopic (exact) mass is 409 g/mol. The van der Waals surface area contributed by atoms with Crippen LogP contribution in [-0.2, 0) is 19.1 Å². The highest BCUT2D eigenvalue weighted by Crippen LogP contribution is 2.52. The van der Waals surface area contributed by atoms with E-state index in [-0.39, 0.29) is 29.8 Å². The minimum Gasteiger partial charge on any atom is -0.478 e. The molecule has 1 unspecified atom stereocenters. The summed E-state index contributed by atoms with van der Waals surface area (Å²) in [5.41, 5.74) is 2.02. The van der Waals surface area contributed by atoms with E-state index < -0.39 is 17.5 Å². The molecule has 8 heteroatoms. The number of carboxylic acid groups (broad SMARTS) is 2. The average molecular weight is 409 g/mol. The van der Waals surface area contributed by atoms with Crippen LogP contribution < -0.4 is 0 Å². The van der Waals surface area contributed by atoms with Crippen molar-refractivity contribution in [2.24, 2.45) is 17.8 Å². The van der Waals surface area contributed by atoms with Gasteiger partial charge in [0.15, 0.2) is 0 Å². The maximum Gasteiger partial charge on any atom is 0.328 e. The van der Waals surface area contributed by atoms with Crippen molar-refractivity contribution in [2.75, 3.05) is 20.6 Å². The number of nitrogens with zero attached hydrogens (tertiary/aromatic N) is 1. The van der Waals surface area contributed by atoms with Gasteiger partial charge in [0.05, 0.1) is 11.5 Å². The van der Waals surface area contributed by atoms with Gasteiger partial charge in [0, 0.05) is 30.5 Å². The van der Waals surface area contributed by atoms with Gasteiger partial charge in [0.1, 0.15) is 6.10 Å². The van der Waals surface area contributed by atoms with Crippen molar-refractivity contribution in [3.05, 3.63) is 23.3 Å². The Kier molecular flexibility index (Phi) is 7.24. The number of aliphatic carboxylic acids is 2. The number of fused-ring (bicyclic) bond motifs is 3. The van der Waals surface area contributed by atoms with Crippen LogP contribution in [0, 0.1) is 17.8 Å². The van der Waals surface area contributed by atoms with Gasteiger partial charge >= 0.3 is 17.9 Å². The molecule has 1 saturated carbocycles. The summed E-state index contributed by atoms with van der Waals surface area (Å²) in [6.07, 6.45) is 4.74. The van der Waals surface area contributed by atoms with Crippen molar-refractivity contribution in [1.29, 1.82) is 0 Å². The highest BCUT2D eigenvalue weighted by Gasteiger charge is 2.56. The zero-order valence-corrected chi connectivity index (χ0v) is 17.4. The van der Waals surface area contributed by atoms with Crippen LogP contribution >= 0.6 is 0 Å². The van der Waals surface area contributed by atoms with Crippen molar-refractivity contribution in [3.63, 3.8) is 0 Å². The Labute approximate surface area is 170 Å².